The lowest BCUT2D eigenvalue weighted by atomic mass is 9.75. The minimum Gasteiger partial charge on any atom is -0.240 e. The Hall–Kier alpha value is -3.26. The maximum atomic E-state index is 4.76. The van der Waals surface area contributed by atoms with Crippen LogP contribution < -0.4 is 0 Å². The summed E-state index contributed by atoms with van der Waals surface area (Å²) in [4.78, 5) is 9.47. The molecule has 1 heterocycles. The van der Waals surface area contributed by atoms with Crippen molar-refractivity contribution in [1.82, 2.24) is 9.97 Å². The summed E-state index contributed by atoms with van der Waals surface area (Å²) < 4.78 is 0. The van der Waals surface area contributed by atoms with E-state index in [1.54, 1.807) is 6.33 Å². The lowest BCUT2D eigenvalue weighted by molar-refractivity contribution is 0.519. The summed E-state index contributed by atoms with van der Waals surface area (Å²) in [5.41, 5.74) is 8.44. The van der Waals surface area contributed by atoms with Crippen LogP contribution in [0.25, 0.3) is 0 Å². The Labute approximate surface area is 230 Å². The molecule has 1 aromatic heterocycles. The van der Waals surface area contributed by atoms with Gasteiger partial charge < -0.3 is 0 Å². The van der Waals surface area contributed by atoms with Crippen molar-refractivity contribution < 1.29 is 0 Å². The molecule has 0 atom stereocenters. The van der Waals surface area contributed by atoms with Gasteiger partial charge in [0, 0.05) is 10.8 Å². The molecule has 198 valence electrons. The van der Waals surface area contributed by atoms with Crippen molar-refractivity contribution in [3.63, 3.8) is 0 Å². The first kappa shape index (κ1) is 27.8. The summed E-state index contributed by atoms with van der Waals surface area (Å²) >= 11 is 0. The maximum Gasteiger partial charge on any atom is 0.116 e. The molecular formula is C36H44N2. The predicted molar refractivity (Wildman–Crippen MR) is 161 cm³/mol. The topological polar surface area (TPSA) is 25.8 Å². The van der Waals surface area contributed by atoms with Crippen LogP contribution in [0.3, 0.4) is 0 Å². The van der Waals surface area contributed by atoms with Crippen LogP contribution in [0.2, 0.25) is 0 Å². The normalized spacial score (nSPS) is 13.0. The van der Waals surface area contributed by atoms with Gasteiger partial charge in [0.2, 0.25) is 0 Å². The van der Waals surface area contributed by atoms with Crippen LogP contribution in [0.4, 0.5) is 0 Å². The van der Waals surface area contributed by atoms with Crippen LogP contribution in [0.15, 0.2) is 91.3 Å². The number of hydrogen-bond acceptors (Lipinski definition) is 2. The number of aromatic nitrogens is 2. The monoisotopic (exact) mass is 504 g/mol. The number of benzene rings is 3. The van der Waals surface area contributed by atoms with Crippen molar-refractivity contribution in [3.05, 3.63) is 130 Å². The molecule has 3 aromatic carbocycles. The van der Waals surface area contributed by atoms with E-state index >= 15 is 0 Å². The quantitative estimate of drug-likeness (QED) is 0.251. The Morgan fingerprint density at radius 3 is 1.61 bits per heavy atom. The molecule has 0 N–H and O–H groups in total. The van der Waals surface area contributed by atoms with Crippen molar-refractivity contribution in [1.29, 1.82) is 0 Å². The molecule has 2 heteroatoms. The Balaban J connectivity index is 1.61. The van der Waals surface area contributed by atoms with Gasteiger partial charge in [0.25, 0.3) is 0 Å². The molecule has 0 aliphatic rings. The first-order chi connectivity index (χ1) is 17.7. The van der Waals surface area contributed by atoms with E-state index in [0.29, 0.717) is 0 Å². The van der Waals surface area contributed by atoms with Gasteiger partial charge in [-0.05, 0) is 51.1 Å². The van der Waals surface area contributed by atoms with Crippen molar-refractivity contribution in [3.8, 4) is 0 Å². The minimum absolute atomic E-state index is 0.0287. The van der Waals surface area contributed by atoms with Crippen molar-refractivity contribution >= 4 is 0 Å². The van der Waals surface area contributed by atoms with Crippen LogP contribution in [0.5, 0.6) is 0 Å². The third-order valence-corrected chi connectivity index (χ3v) is 8.27. The number of rotatable bonds is 7. The van der Waals surface area contributed by atoms with Crippen molar-refractivity contribution in [2.24, 2.45) is 0 Å². The van der Waals surface area contributed by atoms with Crippen molar-refractivity contribution in [2.45, 2.75) is 90.4 Å². The van der Waals surface area contributed by atoms with Gasteiger partial charge in [-0.1, -0.05) is 141 Å². The fourth-order valence-corrected chi connectivity index (χ4v) is 5.30. The smallest absolute Gasteiger partial charge is 0.116 e. The highest BCUT2D eigenvalue weighted by atomic mass is 14.9. The van der Waals surface area contributed by atoms with Crippen LogP contribution in [-0.4, -0.2) is 9.97 Å². The molecule has 0 aliphatic heterocycles. The SMILES string of the molecule is CC(C)(C)c1ccc(C(C)(C)Cc2cccc(C(C)(C)c3cc(C(C)(C)c4ccccc4)ncn3)c2)cc1. The van der Waals surface area contributed by atoms with Gasteiger partial charge in [-0.3, -0.25) is 0 Å². The Kier molecular flexibility index (Phi) is 7.40. The highest BCUT2D eigenvalue weighted by Crippen LogP contribution is 2.36. The Morgan fingerprint density at radius 2 is 1.03 bits per heavy atom. The molecule has 2 nitrogen and oxygen atoms in total. The highest BCUT2D eigenvalue weighted by Gasteiger charge is 2.30. The lowest BCUT2D eigenvalue weighted by Gasteiger charge is -2.30. The van der Waals surface area contributed by atoms with E-state index in [1.165, 1.54) is 27.8 Å². The van der Waals surface area contributed by atoms with E-state index in [-0.39, 0.29) is 21.7 Å². The zero-order chi connectivity index (χ0) is 27.8. The molecular weight excluding hydrogens is 460 g/mol. The van der Waals surface area contributed by atoms with E-state index < -0.39 is 0 Å². The van der Waals surface area contributed by atoms with E-state index in [2.05, 4.69) is 147 Å². The van der Waals surface area contributed by atoms with Gasteiger partial charge >= 0.3 is 0 Å². The summed E-state index contributed by atoms with van der Waals surface area (Å²) in [5, 5.41) is 0. The molecule has 0 aliphatic carbocycles. The summed E-state index contributed by atoms with van der Waals surface area (Å²) in [5.74, 6) is 0. The highest BCUT2D eigenvalue weighted by molar-refractivity contribution is 5.41. The fourth-order valence-electron chi connectivity index (χ4n) is 5.30. The van der Waals surface area contributed by atoms with Crippen molar-refractivity contribution in [2.75, 3.05) is 0 Å². The summed E-state index contributed by atoms with van der Waals surface area (Å²) in [7, 11) is 0. The maximum absolute atomic E-state index is 4.76. The second-order valence-electron chi connectivity index (χ2n) is 13.5. The summed E-state index contributed by atoms with van der Waals surface area (Å²) in [6.45, 7) is 20.5. The van der Waals surface area contributed by atoms with Crippen LogP contribution in [0, 0.1) is 0 Å². The predicted octanol–water partition coefficient (Wildman–Crippen LogP) is 8.95. The van der Waals surface area contributed by atoms with Crippen LogP contribution in [0.1, 0.15) is 102 Å². The third-order valence-electron chi connectivity index (χ3n) is 8.27. The molecule has 0 unspecified atom stereocenters. The zero-order valence-electron chi connectivity index (χ0n) is 24.8. The average molecular weight is 505 g/mol. The average Bonchev–Trinajstić information content (AvgIpc) is 2.89. The summed E-state index contributed by atoms with van der Waals surface area (Å²) in [6, 6.07) is 31.1. The minimum atomic E-state index is -0.251. The first-order valence-corrected chi connectivity index (χ1v) is 13.8. The van der Waals surface area contributed by atoms with Gasteiger partial charge in [-0.15, -0.1) is 0 Å². The fraction of sp³-hybridized carbons (Fsp3) is 0.389. The summed E-state index contributed by atoms with van der Waals surface area (Å²) in [6.07, 6.45) is 2.70. The van der Waals surface area contributed by atoms with E-state index in [0.717, 1.165) is 17.8 Å². The molecule has 38 heavy (non-hydrogen) atoms. The molecule has 0 amide bonds. The first-order valence-electron chi connectivity index (χ1n) is 13.8. The van der Waals surface area contributed by atoms with Gasteiger partial charge in [0.1, 0.15) is 6.33 Å². The van der Waals surface area contributed by atoms with Gasteiger partial charge in [-0.25, -0.2) is 9.97 Å². The second kappa shape index (κ2) is 10.1. The molecule has 4 rings (SSSR count). The number of nitrogens with zero attached hydrogens (tertiary/aromatic N) is 2. The molecule has 4 aromatic rings. The molecule has 0 saturated carbocycles. The lowest BCUT2D eigenvalue weighted by Crippen LogP contribution is -2.26. The van der Waals surface area contributed by atoms with E-state index in [1.807, 2.05) is 0 Å². The molecule has 0 fully saturated rings. The largest absolute Gasteiger partial charge is 0.240 e. The van der Waals surface area contributed by atoms with Gasteiger partial charge in [0.15, 0.2) is 0 Å². The zero-order valence-corrected chi connectivity index (χ0v) is 24.8. The van der Waals surface area contributed by atoms with Crippen LogP contribution in [-0.2, 0) is 28.1 Å². The van der Waals surface area contributed by atoms with Gasteiger partial charge in [0.05, 0.1) is 11.4 Å². The molecule has 0 saturated heterocycles. The third kappa shape index (κ3) is 5.75. The van der Waals surface area contributed by atoms with Gasteiger partial charge in [-0.2, -0.15) is 0 Å². The van der Waals surface area contributed by atoms with E-state index in [9.17, 15) is 0 Å². The van der Waals surface area contributed by atoms with Crippen LogP contribution >= 0.6 is 0 Å². The number of hydrogen-bond donors (Lipinski definition) is 0. The molecule has 0 spiro atoms. The standard InChI is InChI=1S/C36H44N2/c1-33(2,3)27-18-20-28(21-19-27)34(4,5)24-26-14-13-17-30(22-26)36(8,9)32-23-31(37-25-38-32)35(6,7)29-15-11-10-12-16-29/h10-23,25H,24H2,1-9H3. The molecule has 0 bridgehead atoms. The second-order valence-corrected chi connectivity index (χ2v) is 13.5. The molecule has 0 radical (unpaired) electrons. The Bertz CT molecular complexity index is 1370. The van der Waals surface area contributed by atoms with E-state index in [4.69, 9.17) is 9.97 Å². The Morgan fingerprint density at radius 1 is 0.500 bits per heavy atom.